The van der Waals surface area contributed by atoms with Crippen molar-refractivity contribution in [3.05, 3.63) is 24.3 Å². The number of hydrogen-bond donors (Lipinski definition) is 3. The molecule has 1 fully saturated rings. The molecule has 0 aliphatic heterocycles. The van der Waals surface area contributed by atoms with Crippen LogP contribution < -0.4 is 10.5 Å². The zero-order valence-corrected chi connectivity index (χ0v) is 13.4. The number of sulfonamides is 1. The molecule has 0 aromatic heterocycles. The van der Waals surface area contributed by atoms with Crippen molar-refractivity contribution < 1.29 is 13.5 Å². The van der Waals surface area contributed by atoms with E-state index in [1.807, 2.05) is 0 Å². The number of nitrogens with one attached hydrogen (secondary N) is 1. The van der Waals surface area contributed by atoms with Crippen LogP contribution in [0.1, 0.15) is 39.5 Å². The maximum atomic E-state index is 12.2. The molecule has 21 heavy (non-hydrogen) atoms. The molecule has 1 aliphatic rings. The van der Waals surface area contributed by atoms with Crippen LogP contribution in [0.5, 0.6) is 0 Å². The molecule has 1 aromatic rings. The lowest BCUT2D eigenvalue weighted by atomic mass is 9.71. The van der Waals surface area contributed by atoms with E-state index in [0.29, 0.717) is 18.5 Å². The summed E-state index contributed by atoms with van der Waals surface area (Å²) in [5.74, 6) is 0. The summed E-state index contributed by atoms with van der Waals surface area (Å²) in [6.45, 7) is 4.39. The Labute approximate surface area is 126 Å². The van der Waals surface area contributed by atoms with E-state index in [9.17, 15) is 13.5 Å². The number of rotatable bonds is 4. The third-order valence-electron chi connectivity index (χ3n) is 4.32. The first-order valence-electron chi connectivity index (χ1n) is 7.20. The Balaban J connectivity index is 2.00. The van der Waals surface area contributed by atoms with Crippen LogP contribution in [0.25, 0.3) is 0 Å². The summed E-state index contributed by atoms with van der Waals surface area (Å²) in [5.41, 5.74) is 5.34. The second-order valence-electron chi connectivity index (χ2n) is 6.78. The van der Waals surface area contributed by atoms with Gasteiger partial charge in [-0.25, -0.2) is 13.1 Å². The van der Waals surface area contributed by atoms with Crippen LogP contribution >= 0.6 is 0 Å². The molecule has 1 saturated carbocycles. The SMILES string of the molecule is CC1(C)CCC(O)(CNS(=O)(=O)c2ccc(N)cc2)CC1. The van der Waals surface area contributed by atoms with Crippen molar-refractivity contribution in [3.63, 3.8) is 0 Å². The third kappa shape index (κ3) is 4.18. The van der Waals surface area contributed by atoms with Crippen molar-refractivity contribution in [1.29, 1.82) is 0 Å². The summed E-state index contributed by atoms with van der Waals surface area (Å²) >= 11 is 0. The maximum absolute atomic E-state index is 12.2. The van der Waals surface area contributed by atoms with Crippen molar-refractivity contribution in [3.8, 4) is 0 Å². The number of hydrogen-bond acceptors (Lipinski definition) is 4. The van der Waals surface area contributed by atoms with Gasteiger partial charge in [-0.15, -0.1) is 0 Å². The van der Waals surface area contributed by atoms with Crippen LogP contribution in [-0.2, 0) is 10.0 Å². The highest BCUT2D eigenvalue weighted by Crippen LogP contribution is 2.39. The normalized spacial score (nSPS) is 21.1. The van der Waals surface area contributed by atoms with Gasteiger partial charge in [0.2, 0.25) is 10.0 Å². The Morgan fingerprint density at radius 3 is 2.19 bits per heavy atom. The number of aliphatic hydroxyl groups is 1. The van der Waals surface area contributed by atoms with Crippen molar-refractivity contribution in [1.82, 2.24) is 4.72 Å². The van der Waals surface area contributed by atoms with Gasteiger partial charge in [-0.2, -0.15) is 0 Å². The predicted molar refractivity (Wildman–Crippen MR) is 83.2 cm³/mol. The van der Waals surface area contributed by atoms with E-state index in [2.05, 4.69) is 18.6 Å². The van der Waals surface area contributed by atoms with E-state index < -0.39 is 15.6 Å². The fraction of sp³-hybridized carbons (Fsp3) is 0.600. The number of benzene rings is 1. The molecule has 0 bridgehead atoms. The lowest BCUT2D eigenvalue weighted by Gasteiger charge is -2.40. The summed E-state index contributed by atoms with van der Waals surface area (Å²) in [7, 11) is -3.61. The fourth-order valence-electron chi connectivity index (χ4n) is 2.53. The minimum atomic E-state index is -3.61. The van der Waals surface area contributed by atoms with E-state index >= 15 is 0 Å². The smallest absolute Gasteiger partial charge is 0.240 e. The van der Waals surface area contributed by atoms with Gasteiger partial charge in [-0.3, -0.25) is 0 Å². The van der Waals surface area contributed by atoms with Gasteiger partial charge in [-0.05, 0) is 55.4 Å². The van der Waals surface area contributed by atoms with Crippen molar-refractivity contribution in [2.24, 2.45) is 5.41 Å². The minimum absolute atomic E-state index is 0.0514. The van der Waals surface area contributed by atoms with Crippen LogP contribution in [0.4, 0.5) is 5.69 Å². The Morgan fingerprint density at radius 1 is 1.14 bits per heavy atom. The summed E-state index contributed by atoms with van der Waals surface area (Å²) in [5, 5.41) is 10.5. The Bertz CT molecular complexity index is 584. The summed E-state index contributed by atoms with van der Waals surface area (Å²) in [6.07, 6.45) is 3.02. The van der Waals surface area contributed by atoms with Gasteiger partial charge in [-0.1, -0.05) is 13.8 Å². The molecule has 0 radical (unpaired) electrons. The summed E-state index contributed by atoms with van der Waals surface area (Å²) < 4.78 is 26.9. The third-order valence-corrected chi connectivity index (χ3v) is 5.73. The number of nitrogen functional groups attached to an aromatic ring is 1. The Hall–Kier alpha value is -1.11. The molecule has 0 unspecified atom stereocenters. The van der Waals surface area contributed by atoms with E-state index in [1.54, 1.807) is 12.1 Å². The van der Waals surface area contributed by atoms with Crippen LogP contribution in [-0.4, -0.2) is 25.7 Å². The molecule has 0 saturated heterocycles. The molecule has 2 rings (SSSR count). The van der Waals surface area contributed by atoms with Crippen molar-refractivity contribution >= 4 is 15.7 Å². The van der Waals surface area contributed by atoms with E-state index in [1.165, 1.54) is 12.1 Å². The van der Waals surface area contributed by atoms with Gasteiger partial charge in [0.25, 0.3) is 0 Å². The largest absolute Gasteiger partial charge is 0.399 e. The topological polar surface area (TPSA) is 92.4 Å². The molecule has 0 atom stereocenters. The van der Waals surface area contributed by atoms with Crippen LogP contribution in [0, 0.1) is 5.41 Å². The molecule has 0 spiro atoms. The van der Waals surface area contributed by atoms with Crippen LogP contribution in [0.3, 0.4) is 0 Å². The standard InChI is InChI=1S/C15H24N2O3S/c1-14(2)7-9-15(18,10-8-14)11-17-21(19,20)13-5-3-12(16)4-6-13/h3-6,17-18H,7-11,16H2,1-2H3. The molecular weight excluding hydrogens is 288 g/mol. The number of nitrogens with two attached hydrogens (primary N) is 1. The Kier molecular flexibility index (Phi) is 4.33. The van der Waals surface area contributed by atoms with E-state index in [-0.39, 0.29) is 16.9 Å². The molecule has 118 valence electrons. The van der Waals surface area contributed by atoms with Crippen molar-refractivity contribution in [2.45, 2.75) is 50.0 Å². The maximum Gasteiger partial charge on any atom is 0.240 e. The molecule has 4 N–H and O–H groups in total. The first kappa shape index (κ1) is 16.3. The average molecular weight is 312 g/mol. The van der Waals surface area contributed by atoms with Gasteiger partial charge >= 0.3 is 0 Å². The molecule has 5 nitrogen and oxygen atoms in total. The zero-order valence-electron chi connectivity index (χ0n) is 12.6. The highest BCUT2D eigenvalue weighted by atomic mass is 32.2. The quantitative estimate of drug-likeness (QED) is 0.740. The zero-order chi connectivity index (χ0) is 15.7. The van der Waals surface area contributed by atoms with E-state index in [0.717, 1.165) is 12.8 Å². The second-order valence-corrected chi connectivity index (χ2v) is 8.55. The first-order chi connectivity index (χ1) is 9.62. The summed E-state index contributed by atoms with van der Waals surface area (Å²) in [6, 6.07) is 6.02. The fourth-order valence-corrected chi connectivity index (χ4v) is 3.65. The molecular formula is C15H24N2O3S. The predicted octanol–water partition coefficient (Wildman–Crippen LogP) is 1.88. The number of anilines is 1. The lowest BCUT2D eigenvalue weighted by molar-refractivity contribution is -0.0205. The first-order valence-corrected chi connectivity index (χ1v) is 8.68. The molecule has 1 aromatic carbocycles. The lowest BCUT2D eigenvalue weighted by Crippen LogP contribution is -2.46. The molecule has 0 amide bonds. The van der Waals surface area contributed by atoms with Crippen LogP contribution in [0.2, 0.25) is 0 Å². The minimum Gasteiger partial charge on any atom is -0.399 e. The van der Waals surface area contributed by atoms with Gasteiger partial charge in [0, 0.05) is 12.2 Å². The highest BCUT2D eigenvalue weighted by Gasteiger charge is 2.37. The monoisotopic (exact) mass is 312 g/mol. The van der Waals surface area contributed by atoms with Gasteiger partial charge in [0.15, 0.2) is 0 Å². The van der Waals surface area contributed by atoms with Crippen LogP contribution in [0.15, 0.2) is 29.2 Å². The van der Waals surface area contributed by atoms with Crippen molar-refractivity contribution in [2.75, 3.05) is 12.3 Å². The molecule has 6 heteroatoms. The second kappa shape index (κ2) is 5.59. The van der Waals surface area contributed by atoms with E-state index in [4.69, 9.17) is 5.73 Å². The van der Waals surface area contributed by atoms with Gasteiger partial charge in [0.05, 0.1) is 10.5 Å². The average Bonchev–Trinajstić information content (AvgIpc) is 2.42. The Morgan fingerprint density at radius 2 is 1.67 bits per heavy atom. The van der Waals surface area contributed by atoms with Gasteiger partial charge in [0.1, 0.15) is 0 Å². The van der Waals surface area contributed by atoms with Gasteiger partial charge < -0.3 is 10.8 Å². The molecule has 1 aliphatic carbocycles. The summed E-state index contributed by atoms with van der Waals surface area (Å²) in [4.78, 5) is 0.163. The highest BCUT2D eigenvalue weighted by molar-refractivity contribution is 7.89. The molecule has 0 heterocycles.